The number of ether oxygens (including phenoxy) is 2. The van der Waals surface area contributed by atoms with Crippen LogP contribution in [0.25, 0.3) is 0 Å². The minimum atomic E-state index is 0.307. The van der Waals surface area contributed by atoms with Gasteiger partial charge < -0.3 is 14.0 Å². The zero-order valence-electron chi connectivity index (χ0n) is 11.9. The van der Waals surface area contributed by atoms with Gasteiger partial charge in [-0.25, -0.2) is 0 Å². The summed E-state index contributed by atoms with van der Waals surface area (Å²) < 4.78 is 16.0. The third-order valence-corrected chi connectivity index (χ3v) is 3.71. The molecule has 1 aromatic heterocycles. The van der Waals surface area contributed by atoms with E-state index in [1.165, 1.54) is 18.4 Å². The number of hydrogen-bond donors (Lipinski definition) is 0. The number of rotatable bonds is 5. The second-order valence-corrected chi connectivity index (χ2v) is 5.68. The van der Waals surface area contributed by atoms with Crippen molar-refractivity contribution in [2.45, 2.75) is 31.8 Å². The molecular weight excluding hydrogens is 270 g/mol. The Hall–Kier alpha value is -2.08. The summed E-state index contributed by atoms with van der Waals surface area (Å²) >= 11 is 0. The summed E-state index contributed by atoms with van der Waals surface area (Å²) in [6, 6.07) is 6.02. The molecule has 0 radical (unpaired) electrons. The predicted octanol–water partition coefficient (Wildman–Crippen LogP) is 2.31. The topological polar surface area (TPSA) is 60.6 Å². The van der Waals surface area contributed by atoms with Crippen LogP contribution in [-0.4, -0.2) is 28.9 Å². The molecular formula is C15H17N3O3. The van der Waals surface area contributed by atoms with Crippen LogP contribution < -0.4 is 9.47 Å². The lowest BCUT2D eigenvalue weighted by atomic mass is 10.2. The monoisotopic (exact) mass is 287 g/mol. The maximum absolute atomic E-state index is 5.40. The standard InChI is InChI=1S/C15H17N3O3/c1-18(8-14-16-15(21-17-14)11-3-4-11)7-10-2-5-12-13(6-10)20-9-19-12/h2,5-6,11H,3-4,7-9H2,1H3. The van der Waals surface area contributed by atoms with E-state index in [1.54, 1.807) is 0 Å². The van der Waals surface area contributed by atoms with E-state index in [1.807, 2.05) is 19.2 Å². The summed E-state index contributed by atoms with van der Waals surface area (Å²) in [5.41, 5.74) is 1.17. The second kappa shape index (κ2) is 5.04. The van der Waals surface area contributed by atoms with E-state index in [9.17, 15) is 0 Å². The van der Waals surface area contributed by atoms with Crippen LogP contribution in [-0.2, 0) is 13.1 Å². The van der Waals surface area contributed by atoms with E-state index in [0.717, 1.165) is 29.8 Å². The molecule has 2 aromatic rings. The van der Waals surface area contributed by atoms with Crippen LogP contribution in [0.2, 0.25) is 0 Å². The van der Waals surface area contributed by atoms with E-state index >= 15 is 0 Å². The molecule has 0 saturated heterocycles. The Morgan fingerprint density at radius 2 is 2.05 bits per heavy atom. The second-order valence-electron chi connectivity index (χ2n) is 5.68. The first kappa shape index (κ1) is 12.6. The zero-order valence-corrected chi connectivity index (χ0v) is 11.9. The van der Waals surface area contributed by atoms with Gasteiger partial charge in [-0.1, -0.05) is 11.2 Å². The van der Waals surface area contributed by atoms with E-state index in [2.05, 4.69) is 21.1 Å². The number of aromatic nitrogens is 2. The van der Waals surface area contributed by atoms with Gasteiger partial charge in [-0.05, 0) is 37.6 Å². The molecule has 2 aliphatic rings. The van der Waals surface area contributed by atoms with Crippen LogP contribution in [0.5, 0.6) is 11.5 Å². The molecule has 0 unspecified atom stereocenters. The summed E-state index contributed by atoms with van der Waals surface area (Å²) in [6.07, 6.45) is 2.35. The molecule has 0 spiro atoms. The lowest BCUT2D eigenvalue weighted by Gasteiger charge is -2.14. The number of hydrogen-bond acceptors (Lipinski definition) is 6. The van der Waals surface area contributed by atoms with E-state index in [0.29, 0.717) is 19.3 Å². The number of benzene rings is 1. The van der Waals surface area contributed by atoms with Crippen LogP contribution in [0.1, 0.15) is 36.0 Å². The molecule has 6 heteroatoms. The maximum Gasteiger partial charge on any atom is 0.231 e. The first-order chi connectivity index (χ1) is 10.3. The highest BCUT2D eigenvalue weighted by molar-refractivity contribution is 5.44. The van der Waals surface area contributed by atoms with Gasteiger partial charge in [0.25, 0.3) is 0 Å². The normalized spacial score (nSPS) is 16.7. The molecule has 21 heavy (non-hydrogen) atoms. The highest BCUT2D eigenvalue weighted by atomic mass is 16.7. The highest BCUT2D eigenvalue weighted by Crippen LogP contribution is 2.38. The van der Waals surface area contributed by atoms with Crippen LogP contribution in [0, 0.1) is 0 Å². The van der Waals surface area contributed by atoms with E-state index in [-0.39, 0.29) is 0 Å². The molecule has 2 heterocycles. The van der Waals surface area contributed by atoms with Crippen molar-refractivity contribution in [1.82, 2.24) is 15.0 Å². The number of fused-ring (bicyclic) bond motifs is 1. The van der Waals surface area contributed by atoms with Gasteiger partial charge in [0.15, 0.2) is 17.3 Å². The Morgan fingerprint density at radius 3 is 2.90 bits per heavy atom. The van der Waals surface area contributed by atoms with Gasteiger partial charge in [-0.2, -0.15) is 4.98 Å². The molecule has 0 N–H and O–H groups in total. The third kappa shape index (κ3) is 2.71. The lowest BCUT2D eigenvalue weighted by molar-refractivity contribution is 0.174. The Labute approximate surface area is 122 Å². The molecule has 1 aliphatic heterocycles. The van der Waals surface area contributed by atoms with Gasteiger partial charge in [0.1, 0.15) is 0 Å². The zero-order chi connectivity index (χ0) is 14.2. The molecule has 1 aromatic carbocycles. The molecule has 110 valence electrons. The minimum Gasteiger partial charge on any atom is -0.454 e. The summed E-state index contributed by atoms with van der Waals surface area (Å²) in [4.78, 5) is 6.60. The third-order valence-electron chi connectivity index (χ3n) is 3.71. The van der Waals surface area contributed by atoms with Crippen molar-refractivity contribution >= 4 is 0 Å². The fourth-order valence-electron chi connectivity index (χ4n) is 2.48. The van der Waals surface area contributed by atoms with Gasteiger partial charge in [0, 0.05) is 12.5 Å². The van der Waals surface area contributed by atoms with Crippen molar-refractivity contribution < 1.29 is 14.0 Å². The van der Waals surface area contributed by atoms with Gasteiger partial charge >= 0.3 is 0 Å². The molecule has 1 fully saturated rings. The highest BCUT2D eigenvalue weighted by Gasteiger charge is 2.29. The Kier molecular flexibility index (Phi) is 3.03. The Morgan fingerprint density at radius 1 is 1.19 bits per heavy atom. The van der Waals surface area contributed by atoms with Crippen molar-refractivity contribution in [1.29, 1.82) is 0 Å². The first-order valence-electron chi connectivity index (χ1n) is 7.17. The fraction of sp³-hybridized carbons (Fsp3) is 0.467. The van der Waals surface area contributed by atoms with Crippen molar-refractivity contribution in [3.05, 3.63) is 35.5 Å². The van der Waals surface area contributed by atoms with Gasteiger partial charge in [-0.15, -0.1) is 0 Å². The number of nitrogens with zero attached hydrogens (tertiary/aromatic N) is 3. The van der Waals surface area contributed by atoms with E-state index < -0.39 is 0 Å². The van der Waals surface area contributed by atoms with Crippen molar-refractivity contribution in [2.24, 2.45) is 0 Å². The summed E-state index contributed by atoms with van der Waals surface area (Å²) in [5.74, 6) is 3.68. The molecule has 0 atom stereocenters. The largest absolute Gasteiger partial charge is 0.454 e. The van der Waals surface area contributed by atoms with Crippen molar-refractivity contribution in [3.63, 3.8) is 0 Å². The summed E-state index contributed by atoms with van der Waals surface area (Å²) in [7, 11) is 2.04. The van der Waals surface area contributed by atoms with Crippen LogP contribution in [0.15, 0.2) is 22.7 Å². The van der Waals surface area contributed by atoms with Crippen molar-refractivity contribution in [3.8, 4) is 11.5 Å². The molecule has 4 rings (SSSR count). The van der Waals surface area contributed by atoms with Crippen LogP contribution in [0.4, 0.5) is 0 Å². The SMILES string of the molecule is CN(Cc1ccc2c(c1)OCO2)Cc1noc(C2CC2)n1. The molecule has 0 bridgehead atoms. The van der Waals surface area contributed by atoms with Gasteiger partial charge in [-0.3, -0.25) is 4.90 Å². The Balaban J connectivity index is 1.39. The van der Waals surface area contributed by atoms with Gasteiger partial charge in [0.05, 0.1) is 6.54 Å². The average Bonchev–Trinajstić information content (AvgIpc) is 3.04. The van der Waals surface area contributed by atoms with Crippen LogP contribution in [0.3, 0.4) is 0 Å². The fourth-order valence-corrected chi connectivity index (χ4v) is 2.48. The Bertz CT molecular complexity index is 651. The smallest absolute Gasteiger partial charge is 0.231 e. The van der Waals surface area contributed by atoms with E-state index in [4.69, 9.17) is 14.0 Å². The lowest BCUT2D eigenvalue weighted by Crippen LogP contribution is -2.18. The molecule has 0 amide bonds. The molecule has 6 nitrogen and oxygen atoms in total. The molecule has 1 saturated carbocycles. The van der Waals surface area contributed by atoms with Crippen molar-refractivity contribution in [2.75, 3.05) is 13.8 Å². The summed E-state index contributed by atoms with van der Waals surface area (Å²) in [5, 5.41) is 4.04. The van der Waals surface area contributed by atoms with Crippen LogP contribution >= 0.6 is 0 Å². The maximum atomic E-state index is 5.40. The quantitative estimate of drug-likeness (QED) is 0.841. The first-order valence-corrected chi connectivity index (χ1v) is 7.17. The van der Waals surface area contributed by atoms with Gasteiger partial charge in [0.2, 0.25) is 12.7 Å². The summed E-state index contributed by atoms with van der Waals surface area (Å²) in [6.45, 7) is 1.77. The average molecular weight is 287 g/mol. The minimum absolute atomic E-state index is 0.307. The predicted molar refractivity (Wildman–Crippen MR) is 74.0 cm³/mol. The molecule has 1 aliphatic carbocycles.